The van der Waals surface area contributed by atoms with Crippen molar-refractivity contribution in [3.63, 3.8) is 0 Å². The van der Waals surface area contributed by atoms with Gasteiger partial charge in [-0.25, -0.2) is 0 Å². The van der Waals surface area contributed by atoms with Crippen molar-refractivity contribution in [1.82, 2.24) is 9.47 Å². The molecular weight excluding hydrogens is 514 g/mol. The van der Waals surface area contributed by atoms with Gasteiger partial charge >= 0.3 is 0 Å². The molecule has 2 aromatic rings. The van der Waals surface area contributed by atoms with E-state index in [9.17, 15) is 4.79 Å². The van der Waals surface area contributed by atoms with Crippen molar-refractivity contribution in [3.8, 4) is 0 Å². The molecule has 1 amide bonds. The monoisotopic (exact) mass is 532 g/mol. The van der Waals surface area contributed by atoms with Gasteiger partial charge < -0.3 is 4.57 Å². The highest BCUT2D eigenvalue weighted by atomic mass is 79.9. The second-order valence-electron chi connectivity index (χ2n) is 7.45. The van der Waals surface area contributed by atoms with Crippen LogP contribution in [-0.2, 0) is 18.3 Å². The summed E-state index contributed by atoms with van der Waals surface area (Å²) in [5, 5.41) is 1.24. The van der Waals surface area contributed by atoms with Crippen molar-refractivity contribution < 1.29 is 9.28 Å². The summed E-state index contributed by atoms with van der Waals surface area (Å²) in [6.07, 6.45) is 3.23. The summed E-state index contributed by atoms with van der Waals surface area (Å²) in [5.74, 6) is 0.310. The first-order chi connectivity index (χ1) is 11.8. The molecule has 4 rings (SSSR count). The van der Waals surface area contributed by atoms with Crippen molar-refractivity contribution in [2.45, 2.75) is 31.5 Å². The van der Waals surface area contributed by atoms with Gasteiger partial charge in [0.2, 0.25) is 0 Å². The van der Waals surface area contributed by atoms with Crippen molar-refractivity contribution in [1.29, 1.82) is 0 Å². The molecule has 0 unspecified atom stereocenters. The zero-order chi connectivity index (χ0) is 18.1. The highest BCUT2D eigenvalue weighted by Crippen LogP contribution is 2.42. The van der Waals surface area contributed by atoms with Gasteiger partial charge in [0.25, 0.3) is 5.91 Å². The lowest BCUT2D eigenvalue weighted by atomic mass is 10.1. The number of aryl methyl sites for hydroxylation is 1. The molecule has 0 radical (unpaired) electrons. The SMILES string of the molecule is CN1C(=O)[C@@H]2CCC[N@+]2(C)[C@H]1Cc1c(Br)n(C)c2c(Br)c(Br)ccc12. The fourth-order valence-corrected chi connectivity index (χ4v) is 6.32. The van der Waals surface area contributed by atoms with Crippen molar-refractivity contribution in [2.75, 3.05) is 20.6 Å². The number of nitrogens with zero attached hydrogens (tertiary/aromatic N) is 3. The lowest BCUT2D eigenvalue weighted by Gasteiger charge is -2.36. The largest absolute Gasteiger partial charge is 0.337 e. The highest BCUT2D eigenvalue weighted by molar-refractivity contribution is 9.13. The number of carbonyl (C=O) groups excluding carboxylic acids is 1. The summed E-state index contributed by atoms with van der Waals surface area (Å²) in [5.41, 5.74) is 2.45. The van der Waals surface area contributed by atoms with Crippen molar-refractivity contribution in [2.24, 2.45) is 7.05 Å². The van der Waals surface area contributed by atoms with E-state index in [1.165, 1.54) is 16.5 Å². The van der Waals surface area contributed by atoms with Crippen LogP contribution in [0.25, 0.3) is 10.9 Å². The molecule has 3 heterocycles. The topological polar surface area (TPSA) is 25.2 Å². The van der Waals surface area contributed by atoms with Crippen LogP contribution < -0.4 is 0 Å². The third-order valence-electron chi connectivity index (χ3n) is 6.25. The minimum absolute atomic E-state index is 0.143. The molecule has 1 aromatic heterocycles. The summed E-state index contributed by atoms with van der Waals surface area (Å²) in [7, 11) is 6.31. The maximum absolute atomic E-state index is 12.7. The Kier molecular flexibility index (Phi) is 4.38. The van der Waals surface area contributed by atoms with Gasteiger partial charge in [-0.15, -0.1) is 0 Å². The number of hydrogen-bond donors (Lipinski definition) is 0. The molecule has 1 aromatic carbocycles. The first-order valence-corrected chi connectivity index (χ1v) is 10.9. The minimum Gasteiger partial charge on any atom is -0.337 e. The van der Waals surface area contributed by atoms with E-state index in [0.29, 0.717) is 5.91 Å². The standard InChI is InChI=1S/C18H21Br3N3O/c1-22-14(24(3)8-4-5-13(24)18(22)25)9-11-10-6-7-12(19)15(20)16(10)23(2)17(11)21/h6-7,13-14H,4-5,8-9H2,1-3H3/q+1/t13-,14-,24-/m0/s1. The van der Waals surface area contributed by atoms with Crippen molar-refractivity contribution in [3.05, 3.63) is 31.2 Å². The second-order valence-corrected chi connectivity index (χ2v) is 9.85. The van der Waals surface area contributed by atoms with E-state index in [4.69, 9.17) is 0 Å². The number of quaternary nitrogens is 1. The molecule has 3 atom stereocenters. The number of fused-ring (bicyclic) bond motifs is 2. The van der Waals surface area contributed by atoms with Crippen LogP contribution in [0.15, 0.2) is 25.7 Å². The van der Waals surface area contributed by atoms with Gasteiger partial charge in [0.05, 0.1) is 28.2 Å². The predicted molar refractivity (Wildman–Crippen MR) is 110 cm³/mol. The third-order valence-corrected chi connectivity index (χ3v) is 9.26. The molecular formula is C18H21Br3N3O+. The Hall–Kier alpha value is -0.370. The average Bonchev–Trinajstić information content (AvgIpc) is 3.13. The predicted octanol–water partition coefficient (Wildman–Crippen LogP) is 4.42. The highest BCUT2D eigenvalue weighted by Gasteiger charge is 2.57. The van der Waals surface area contributed by atoms with E-state index < -0.39 is 0 Å². The zero-order valence-electron chi connectivity index (χ0n) is 14.5. The number of rotatable bonds is 2. The Balaban J connectivity index is 1.83. The van der Waals surface area contributed by atoms with Gasteiger partial charge in [0.1, 0.15) is 0 Å². The molecule has 7 heteroatoms. The fourth-order valence-electron chi connectivity index (χ4n) is 4.83. The van der Waals surface area contributed by atoms with E-state index in [0.717, 1.165) is 43.8 Å². The molecule has 0 aliphatic carbocycles. The van der Waals surface area contributed by atoms with Gasteiger partial charge in [-0.2, -0.15) is 0 Å². The summed E-state index contributed by atoms with van der Waals surface area (Å²) in [6, 6.07) is 4.40. The molecule has 25 heavy (non-hydrogen) atoms. The van der Waals surface area contributed by atoms with Crippen LogP contribution in [0, 0.1) is 0 Å². The number of carbonyl (C=O) groups is 1. The van der Waals surface area contributed by atoms with E-state index >= 15 is 0 Å². The molecule has 2 saturated heterocycles. The number of hydrogen-bond acceptors (Lipinski definition) is 1. The van der Waals surface area contributed by atoms with Gasteiger partial charge in [-0.05, 0) is 53.9 Å². The molecule has 0 saturated carbocycles. The van der Waals surface area contributed by atoms with Gasteiger partial charge in [0, 0.05) is 48.8 Å². The van der Waals surface area contributed by atoms with Crippen LogP contribution in [-0.4, -0.2) is 52.7 Å². The Morgan fingerprint density at radius 1 is 1.24 bits per heavy atom. The average molecular weight is 535 g/mol. The Labute approximate surface area is 173 Å². The van der Waals surface area contributed by atoms with Crippen LogP contribution >= 0.6 is 47.8 Å². The van der Waals surface area contributed by atoms with Crippen LogP contribution in [0.3, 0.4) is 0 Å². The molecule has 2 aliphatic rings. The third kappa shape index (κ3) is 2.42. The maximum atomic E-state index is 12.7. The normalized spacial score (nSPS) is 29.0. The summed E-state index contributed by atoms with van der Waals surface area (Å²) < 4.78 is 6.24. The quantitative estimate of drug-likeness (QED) is 0.524. The molecule has 2 fully saturated rings. The Morgan fingerprint density at radius 3 is 2.68 bits per heavy atom. The van der Waals surface area contributed by atoms with Gasteiger partial charge in [-0.3, -0.25) is 14.2 Å². The van der Waals surface area contributed by atoms with Crippen LogP contribution in [0.2, 0.25) is 0 Å². The van der Waals surface area contributed by atoms with Crippen LogP contribution in [0.5, 0.6) is 0 Å². The molecule has 134 valence electrons. The van der Waals surface area contributed by atoms with E-state index in [1.54, 1.807) is 0 Å². The summed E-state index contributed by atoms with van der Waals surface area (Å²) in [4.78, 5) is 14.7. The molecule has 0 bridgehead atoms. The Morgan fingerprint density at radius 2 is 1.96 bits per heavy atom. The molecule has 0 N–H and O–H groups in total. The zero-order valence-corrected chi connectivity index (χ0v) is 19.3. The van der Waals surface area contributed by atoms with Crippen LogP contribution in [0.4, 0.5) is 0 Å². The lowest BCUT2D eigenvalue weighted by Crippen LogP contribution is -2.53. The number of likely N-dealkylation sites (N-methyl/N-ethyl adjacent to an activating group) is 2. The van der Waals surface area contributed by atoms with E-state index in [2.05, 4.69) is 78.6 Å². The molecule has 0 spiro atoms. The first kappa shape index (κ1) is 18.0. The molecule has 4 nitrogen and oxygen atoms in total. The summed E-state index contributed by atoms with van der Waals surface area (Å²) in [6.45, 7) is 1.09. The fraction of sp³-hybridized carbons (Fsp3) is 0.500. The maximum Gasteiger partial charge on any atom is 0.285 e. The number of aromatic nitrogens is 1. The van der Waals surface area contributed by atoms with Crippen molar-refractivity contribution >= 4 is 64.6 Å². The molecule has 2 aliphatic heterocycles. The number of halogens is 3. The van der Waals surface area contributed by atoms with E-state index in [1.807, 2.05) is 11.9 Å². The van der Waals surface area contributed by atoms with Gasteiger partial charge in [-0.1, -0.05) is 6.07 Å². The Bertz CT molecular complexity index is 894. The van der Waals surface area contributed by atoms with E-state index in [-0.39, 0.29) is 12.2 Å². The number of amides is 1. The second kappa shape index (κ2) is 6.08. The number of benzene rings is 1. The smallest absolute Gasteiger partial charge is 0.285 e. The van der Waals surface area contributed by atoms with Gasteiger partial charge in [0.15, 0.2) is 12.2 Å². The minimum atomic E-state index is 0.143. The first-order valence-electron chi connectivity index (χ1n) is 8.49. The lowest BCUT2D eigenvalue weighted by molar-refractivity contribution is -0.933. The van der Waals surface area contributed by atoms with Crippen LogP contribution in [0.1, 0.15) is 18.4 Å². The summed E-state index contributed by atoms with van der Waals surface area (Å²) >= 11 is 11.1.